The van der Waals surface area contributed by atoms with Crippen molar-refractivity contribution < 1.29 is 29.1 Å². The van der Waals surface area contributed by atoms with Crippen LogP contribution in [0.1, 0.15) is 52.0 Å². The molecule has 0 radical (unpaired) electrons. The summed E-state index contributed by atoms with van der Waals surface area (Å²) in [5, 5.41) is 19.2. The van der Waals surface area contributed by atoms with Crippen LogP contribution >= 0.6 is 0 Å². The van der Waals surface area contributed by atoms with Gasteiger partial charge < -0.3 is 32.1 Å². The zero-order chi connectivity index (χ0) is 27.1. The van der Waals surface area contributed by atoms with Gasteiger partial charge in [-0.05, 0) is 43.7 Å². The molecule has 7 N–H and O–H groups in total. The number of aliphatic carboxylic acids is 1. The predicted octanol–water partition coefficient (Wildman–Crippen LogP) is 0.0793. The number of carbonyl (C=O) groups is 5. The van der Waals surface area contributed by atoms with Crippen LogP contribution in [0.4, 0.5) is 0 Å². The molecule has 36 heavy (non-hydrogen) atoms. The Hall–Kier alpha value is -3.47. The Morgan fingerprint density at radius 1 is 0.861 bits per heavy atom. The molecule has 0 unspecified atom stereocenters. The Kier molecular flexibility index (Phi) is 13.8. The third-order valence-corrected chi connectivity index (χ3v) is 5.31. The lowest BCUT2D eigenvalue weighted by Gasteiger charge is -2.26. The molecule has 1 aromatic rings. The van der Waals surface area contributed by atoms with Gasteiger partial charge in [0.15, 0.2) is 0 Å². The summed E-state index contributed by atoms with van der Waals surface area (Å²) in [5.41, 5.74) is 6.29. The Bertz CT molecular complexity index is 877. The molecule has 0 spiro atoms. The van der Waals surface area contributed by atoms with E-state index in [1.165, 1.54) is 6.92 Å². The zero-order valence-electron chi connectivity index (χ0n) is 21.2. The highest BCUT2D eigenvalue weighted by Gasteiger charge is 2.30. The lowest BCUT2D eigenvalue weighted by molar-refractivity contribution is -0.138. The maximum Gasteiger partial charge on any atom is 0.322 e. The molecule has 4 amide bonds. The van der Waals surface area contributed by atoms with Crippen molar-refractivity contribution in [2.75, 3.05) is 13.1 Å². The molecule has 0 bridgehead atoms. The number of amides is 4. The summed E-state index contributed by atoms with van der Waals surface area (Å²) in [5.74, 6) is -3.28. The van der Waals surface area contributed by atoms with Gasteiger partial charge >= 0.3 is 5.97 Å². The summed E-state index contributed by atoms with van der Waals surface area (Å²) in [7, 11) is 0. The van der Waals surface area contributed by atoms with E-state index in [0.717, 1.165) is 5.56 Å². The van der Waals surface area contributed by atoms with Gasteiger partial charge in [-0.1, -0.05) is 44.2 Å². The maximum absolute atomic E-state index is 13.2. The highest BCUT2D eigenvalue weighted by Crippen LogP contribution is 2.09. The van der Waals surface area contributed by atoms with Gasteiger partial charge in [0.25, 0.3) is 0 Å². The smallest absolute Gasteiger partial charge is 0.322 e. The number of carboxylic acids is 1. The van der Waals surface area contributed by atoms with Crippen LogP contribution in [0.5, 0.6) is 0 Å². The third-order valence-electron chi connectivity index (χ3n) is 5.31. The van der Waals surface area contributed by atoms with Crippen LogP contribution in [-0.4, -0.2) is 65.9 Å². The molecule has 1 rings (SSSR count). The van der Waals surface area contributed by atoms with E-state index in [0.29, 0.717) is 32.2 Å². The number of hydrogen-bond acceptors (Lipinski definition) is 6. The van der Waals surface area contributed by atoms with Gasteiger partial charge in [-0.15, -0.1) is 0 Å². The van der Waals surface area contributed by atoms with Gasteiger partial charge in [0, 0.05) is 13.3 Å². The van der Waals surface area contributed by atoms with E-state index in [1.54, 1.807) is 24.3 Å². The maximum atomic E-state index is 13.2. The van der Waals surface area contributed by atoms with E-state index in [2.05, 4.69) is 21.3 Å². The molecule has 0 aliphatic heterocycles. The molecule has 0 aliphatic carbocycles. The Morgan fingerprint density at radius 3 is 2.03 bits per heavy atom. The molecule has 0 aromatic heterocycles. The van der Waals surface area contributed by atoms with E-state index >= 15 is 0 Å². The summed E-state index contributed by atoms with van der Waals surface area (Å²) >= 11 is 0. The van der Waals surface area contributed by atoms with Crippen LogP contribution in [0, 0.1) is 5.92 Å². The number of nitrogens with two attached hydrogens (primary N) is 1. The van der Waals surface area contributed by atoms with E-state index in [-0.39, 0.29) is 18.2 Å². The van der Waals surface area contributed by atoms with E-state index in [9.17, 15) is 24.0 Å². The second-order valence-electron chi connectivity index (χ2n) is 9.09. The van der Waals surface area contributed by atoms with Crippen molar-refractivity contribution in [3.63, 3.8) is 0 Å². The highest BCUT2D eigenvalue weighted by atomic mass is 16.4. The monoisotopic (exact) mass is 505 g/mol. The first kappa shape index (κ1) is 30.6. The minimum Gasteiger partial charge on any atom is -0.480 e. The van der Waals surface area contributed by atoms with E-state index in [1.807, 2.05) is 19.9 Å². The van der Waals surface area contributed by atoms with Gasteiger partial charge in [0.2, 0.25) is 23.6 Å². The molecule has 0 saturated heterocycles. The average molecular weight is 506 g/mol. The molecule has 0 fully saturated rings. The third kappa shape index (κ3) is 12.3. The van der Waals surface area contributed by atoms with Crippen LogP contribution in [0.15, 0.2) is 30.3 Å². The molecule has 11 heteroatoms. The van der Waals surface area contributed by atoms with Crippen molar-refractivity contribution in [1.29, 1.82) is 0 Å². The van der Waals surface area contributed by atoms with Crippen LogP contribution in [0.2, 0.25) is 0 Å². The van der Waals surface area contributed by atoms with Gasteiger partial charge in [-0.2, -0.15) is 0 Å². The molecule has 11 nitrogen and oxygen atoms in total. The zero-order valence-corrected chi connectivity index (χ0v) is 21.2. The van der Waals surface area contributed by atoms with E-state index < -0.39 is 48.4 Å². The van der Waals surface area contributed by atoms with Crippen molar-refractivity contribution in [1.82, 2.24) is 21.3 Å². The average Bonchev–Trinajstić information content (AvgIpc) is 2.81. The first-order chi connectivity index (χ1) is 17.0. The highest BCUT2D eigenvalue weighted by molar-refractivity contribution is 5.94. The lowest BCUT2D eigenvalue weighted by atomic mass is 10.00. The second-order valence-corrected chi connectivity index (χ2v) is 9.09. The fourth-order valence-corrected chi connectivity index (χ4v) is 3.60. The van der Waals surface area contributed by atoms with Gasteiger partial charge in [0.1, 0.15) is 24.7 Å². The number of carbonyl (C=O) groups excluding carboxylic acids is 4. The van der Waals surface area contributed by atoms with Crippen molar-refractivity contribution in [2.24, 2.45) is 11.7 Å². The number of carboxylic acid groups (broad SMARTS) is 1. The summed E-state index contributed by atoms with van der Waals surface area (Å²) in [4.78, 5) is 61.4. The fourth-order valence-electron chi connectivity index (χ4n) is 3.60. The van der Waals surface area contributed by atoms with Crippen molar-refractivity contribution >= 4 is 29.6 Å². The fraction of sp³-hybridized carbons (Fsp3) is 0.560. The number of rotatable bonds is 16. The van der Waals surface area contributed by atoms with Crippen LogP contribution < -0.4 is 27.0 Å². The second kappa shape index (κ2) is 16.2. The molecule has 3 atom stereocenters. The minimum absolute atomic E-state index is 0.0333. The normalized spacial score (nSPS) is 13.2. The Labute approximate surface area is 212 Å². The standard InChI is InChI=1S/C25H39N5O6/c1-16(2)13-20(29-24(35)19(28-17(3)31)11-7-8-12-26)25(36)30-21(23(34)27-15-22(32)33)14-18-9-5-4-6-10-18/h4-6,9-10,16,19-21H,7-8,11-15,26H2,1-3H3,(H,27,34)(H,28,31)(H,29,35)(H,30,36)(H,32,33)/t19-,20-,21-/m0/s1. The molecule has 200 valence electrons. The van der Waals surface area contributed by atoms with Gasteiger partial charge in [-0.3, -0.25) is 24.0 Å². The van der Waals surface area contributed by atoms with Crippen molar-refractivity contribution in [3.05, 3.63) is 35.9 Å². The van der Waals surface area contributed by atoms with Crippen molar-refractivity contribution in [3.8, 4) is 0 Å². The summed E-state index contributed by atoms with van der Waals surface area (Å²) in [6.45, 7) is 4.96. The largest absolute Gasteiger partial charge is 0.480 e. The quantitative estimate of drug-likeness (QED) is 0.172. The summed E-state index contributed by atoms with van der Waals surface area (Å²) in [6, 6.07) is 6.13. The van der Waals surface area contributed by atoms with Crippen LogP contribution in [0.25, 0.3) is 0 Å². The number of nitrogens with one attached hydrogen (secondary N) is 4. The van der Waals surface area contributed by atoms with Crippen molar-refractivity contribution in [2.45, 2.75) is 71.0 Å². The first-order valence-corrected chi connectivity index (χ1v) is 12.1. The topological polar surface area (TPSA) is 180 Å². The Balaban J connectivity index is 3.04. The summed E-state index contributed by atoms with van der Waals surface area (Å²) < 4.78 is 0. The number of hydrogen-bond donors (Lipinski definition) is 6. The van der Waals surface area contributed by atoms with Crippen LogP contribution in [-0.2, 0) is 30.4 Å². The number of unbranched alkanes of at least 4 members (excludes halogenated alkanes) is 1. The molecule has 1 aromatic carbocycles. The predicted molar refractivity (Wildman–Crippen MR) is 135 cm³/mol. The van der Waals surface area contributed by atoms with Gasteiger partial charge in [-0.25, -0.2) is 0 Å². The molecular weight excluding hydrogens is 466 g/mol. The lowest BCUT2D eigenvalue weighted by Crippen LogP contribution is -2.57. The molecular formula is C25H39N5O6. The molecule has 0 saturated carbocycles. The summed E-state index contributed by atoms with van der Waals surface area (Å²) in [6.07, 6.45) is 2.10. The SMILES string of the molecule is CC(=O)N[C@@H](CCCCN)C(=O)N[C@@H](CC(C)C)C(=O)N[C@@H](Cc1ccccc1)C(=O)NCC(=O)O. The Morgan fingerprint density at radius 2 is 1.47 bits per heavy atom. The first-order valence-electron chi connectivity index (χ1n) is 12.1. The van der Waals surface area contributed by atoms with Gasteiger partial charge in [0.05, 0.1) is 0 Å². The molecule has 0 aliphatic rings. The number of benzene rings is 1. The minimum atomic E-state index is -1.21. The van der Waals surface area contributed by atoms with E-state index in [4.69, 9.17) is 10.8 Å². The van der Waals surface area contributed by atoms with Crippen LogP contribution in [0.3, 0.4) is 0 Å². The molecule has 0 heterocycles.